The second kappa shape index (κ2) is 9.13. The lowest BCUT2D eigenvalue weighted by Crippen LogP contribution is -2.30. The third-order valence-corrected chi connectivity index (χ3v) is 3.66. The van der Waals surface area contributed by atoms with Gasteiger partial charge in [-0.3, -0.25) is 4.79 Å². The van der Waals surface area contributed by atoms with Gasteiger partial charge < -0.3 is 5.32 Å². The maximum absolute atomic E-state index is 11.7. The molecule has 2 nitrogen and oxygen atoms in total. The number of hydrogen-bond acceptors (Lipinski definition) is 1. The molecule has 0 heterocycles. The number of carbonyl (C=O) groups is 1. The molecule has 0 fully saturated rings. The molecule has 0 aliphatic heterocycles. The van der Waals surface area contributed by atoms with E-state index < -0.39 is 0 Å². The van der Waals surface area contributed by atoms with Crippen LogP contribution in [-0.4, -0.2) is 17.3 Å². The number of nitrogens with one attached hydrogen (secondary N) is 1. The van der Waals surface area contributed by atoms with Crippen molar-refractivity contribution in [2.24, 2.45) is 5.92 Å². The number of benzene rings is 1. The minimum atomic E-state index is 0.157. The Morgan fingerprint density at radius 2 is 1.95 bits per heavy atom. The van der Waals surface area contributed by atoms with E-state index in [2.05, 4.69) is 47.2 Å². The summed E-state index contributed by atoms with van der Waals surface area (Å²) >= 11 is 3.60. The van der Waals surface area contributed by atoms with E-state index in [0.717, 1.165) is 25.8 Å². The van der Waals surface area contributed by atoms with Crippen LogP contribution < -0.4 is 5.32 Å². The smallest absolute Gasteiger partial charge is 0.220 e. The number of aryl methyl sites for hydroxylation is 1. The maximum Gasteiger partial charge on any atom is 0.220 e. The Morgan fingerprint density at radius 1 is 1.26 bits per heavy atom. The van der Waals surface area contributed by atoms with Crippen molar-refractivity contribution in [2.75, 3.05) is 6.54 Å². The van der Waals surface area contributed by atoms with Gasteiger partial charge in [0.1, 0.15) is 0 Å². The van der Waals surface area contributed by atoms with E-state index in [4.69, 9.17) is 0 Å². The summed E-state index contributed by atoms with van der Waals surface area (Å²) in [7, 11) is 0. The molecule has 0 aliphatic carbocycles. The minimum absolute atomic E-state index is 0.157. The van der Waals surface area contributed by atoms with Crippen molar-refractivity contribution < 1.29 is 4.79 Å². The lowest BCUT2D eigenvalue weighted by molar-refractivity contribution is -0.121. The first-order chi connectivity index (χ1) is 9.08. The highest BCUT2D eigenvalue weighted by molar-refractivity contribution is 9.09. The van der Waals surface area contributed by atoms with Gasteiger partial charge in [-0.2, -0.15) is 0 Å². The first kappa shape index (κ1) is 16.2. The predicted molar refractivity (Wildman–Crippen MR) is 84.6 cm³/mol. The molecule has 0 saturated heterocycles. The number of carbonyl (C=O) groups excluding carboxylic acids is 1. The zero-order valence-electron chi connectivity index (χ0n) is 11.9. The summed E-state index contributed by atoms with van der Waals surface area (Å²) in [6.45, 7) is 5.11. The molecule has 0 bridgehead atoms. The zero-order chi connectivity index (χ0) is 14.1. The molecule has 1 atom stereocenters. The van der Waals surface area contributed by atoms with Gasteiger partial charge in [0.05, 0.1) is 0 Å². The predicted octanol–water partition coefficient (Wildman–Crippen LogP) is 3.94. The zero-order valence-corrected chi connectivity index (χ0v) is 13.4. The topological polar surface area (TPSA) is 29.1 Å². The van der Waals surface area contributed by atoms with Gasteiger partial charge in [0.2, 0.25) is 5.91 Å². The van der Waals surface area contributed by atoms with Crippen LogP contribution in [0.4, 0.5) is 0 Å². The molecule has 19 heavy (non-hydrogen) atoms. The Hall–Kier alpha value is -0.830. The van der Waals surface area contributed by atoms with Gasteiger partial charge in [-0.25, -0.2) is 0 Å². The number of rotatable bonds is 8. The molecule has 1 aromatic rings. The van der Waals surface area contributed by atoms with Gasteiger partial charge in [-0.1, -0.05) is 60.1 Å². The molecule has 0 radical (unpaired) electrons. The molecule has 3 heteroatoms. The fourth-order valence-electron chi connectivity index (χ4n) is 2.01. The molecule has 0 aromatic heterocycles. The average Bonchev–Trinajstić information content (AvgIpc) is 2.37. The summed E-state index contributed by atoms with van der Waals surface area (Å²) in [4.78, 5) is 12.1. The van der Waals surface area contributed by atoms with Crippen LogP contribution in [0, 0.1) is 5.92 Å². The van der Waals surface area contributed by atoms with E-state index in [1.807, 2.05) is 18.2 Å². The summed E-state index contributed by atoms with van der Waals surface area (Å²) in [5.74, 6) is 0.809. The van der Waals surface area contributed by atoms with Crippen molar-refractivity contribution in [3.05, 3.63) is 35.9 Å². The standard InChI is InChI=1S/C16H24BrNO/c1-13(2)11-15(17)12-18-16(19)10-6-9-14-7-4-3-5-8-14/h3-5,7-8,13,15H,6,9-12H2,1-2H3,(H,18,19). The first-order valence-corrected chi connectivity index (χ1v) is 7.94. The van der Waals surface area contributed by atoms with E-state index in [-0.39, 0.29) is 5.91 Å². The van der Waals surface area contributed by atoms with Gasteiger partial charge >= 0.3 is 0 Å². The molecular formula is C16H24BrNO. The third kappa shape index (κ3) is 8.04. The van der Waals surface area contributed by atoms with Crippen molar-refractivity contribution in [1.29, 1.82) is 0 Å². The van der Waals surface area contributed by atoms with E-state index >= 15 is 0 Å². The first-order valence-electron chi connectivity index (χ1n) is 7.02. The SMILES string of the molecule is CC(C)CC(Br)CNC(=O)CCCc1ccccc1. The van der Waals surface area contributed by atoms with Crippen LogP contribution in [0.5, 0.6) is 0 Å². The molecule has 1 N–H and O–H groups in total. The van der Waals surface area contributed by atoms with Crippen molar-refractivity contribution in [3.8, 4) is 0 Å². The summed E-state index contributed by atoms with van der Waals surface area (Å²) < 4.78 is 0. The van der Waals surface area contributed by atoms with E-state index in [0.29, 0.717) is 17.2 Å². The Labute approximate surface area is 125 Å². The second-order valence-electron chi connectivity index (χ2n) is 5.37. The van der Waals surface area contributed by atoms with Crippen molar-refractivity contribution >= 4 is 21.8 Å². The van der Waals surface area contributed by atoms with E-state index in [1.165, 1.54) is 5.56 Å². The Morgan fingerprint density at radius 3 is 2.58 bits per heavy atom. The highest BCUT2D eigenvalue weighted by atomic mass is 79.9. The molecule has 0 aliphatic rings. The number of amides is 1. The Balaban J connectivity index is 2.11. The Kier molecular flexibility index (Phi) is 7.80. The van der Waals surface area contributed by atoms with Crippen molar-refractivity contribution in [3.63, 3.8) is 0 Å². The van der Waals surface area contributed by atoms with E-state index in [9.17, 15) is 4.79 Å². The van der Waals surface area contributed by atoms with Gasteiger partial charge in [-0.05, 0) is 30.7 Å². The summed E-state index contributed by atoms with van der Waals surface area (Å²) in [5.41, 5.74) is 1.30. The fraction of sp³-hybridized carbons (Fsp3) is 0.562. The normalized spacial score (nSPS) is 12.4. The van der Waals surface area contributed by atoms with Crippen LogP contribution in [0.3, 0.4) is 0 Å². The van der Waals surface area contributed by atoms with Crippen molar-refractivity contribution in [2.45, 2.75) is 44.4 Å². The lowest BCUT2D eigenvalue weighted by atomic mass is 10.1. The number of hydrogen-bond donors (Lipinski definition) is 1. The van der Waals surface area contributed by atoms with Crippen LogP contribution in [0.15, 0.2) is 30.3 Å². The van der Waals surface area contributed by atoms with Gasteiger partial charge in [-0.15, -0.1) is 0 Å². The quantitative estimate of drug-likeness (QED) is 0.721. The van der Waals surface area contributed by atoms with Crippen LogP contribution >= 0.6 is 15.9 Å². The monoisotopic (exact) mass is 325 g/mol. The third-order valence-electron chi connectivity index (χ3n) is 2.96. The van der Waals surface area contributed by atoms with Gasteiger partial charge in [0.15, 0.2) is 0 Å². The van der Waals surface area contributed by atoms with Crippen LogP contribution in [0.2, 0.25) is 0 Å². The Bertz CT molecular complexity index is 364. The van der Waals surface area contributed by atoms with Gasteiger partial charge in [0, 0.05) is 17.8 Å². The summed E-state index contributed by atoms with van der Waals surface area (Å²) in [6, 6.07) is 10.3. The molecule has 0 spiro atoms. The molecule has 1 rings (SSSR count). The molecule has 1 unspecified atom stereocenters. The minimum Gasteiger partial charge on any atom is -0.355 e. The highest BCUT2D eigenvalue weighted by Gasteiger charge is 2.08. The average molecular weight is 326 g/mol. The van der Waals surface area contributed by atoms with Crippen LogP contribution in [0.1, 0.15) is 38.7 Å². The molecular weight excluding hydrogens is 302 g/mol. The molecule has 0 saturated carbocycles. The van der Waals surface area contributed by atoms with Crippen LogP contribution in [-0.2, 0) is 11.2 Å². The second-order valence-corrected chi connectivity index (χ2v) is 6.67. The lowest BCUT2D eigenvalue weighted by Gasteiger charge is -2.13. The fourth-order valence-corrected chi connectivity index (χ4v) is 2.92. The largest absolute Gasteiger partial charge is 0.355 e. The highest BCUT2D eigenvalue weighted by Crippen LogP contribution is 2.11. The summed E-state index contributed by atoms with van der Waals surface area (Å²) in [5, 5.41) is 2.99. The number of halogens is 1. The maximum atomic E-state index is 11.7. The van der Waals surface area contributed by atoms with Crippen molar-refractivity contribution in [1.82, 2.24) is 5.32 Å². The number of alkyl halides is 1. The molecule has 106 valence electrons. The van der Waals surface area contributed by atoms with Gasteiger partial charge in [0.25, 0.3) is 0 Å². The summed E-state index contributed by atoms with van der Waals surface area (Å²) in [6.07, 6.45) is 3.57. The molecule has 1 aromatic carbocycles. The van der Waals surface area contributed by atoms with Crippen LogP contribution in [0.25, 0.3) is 0 Å². The molecule has 1 amide bonds. The van der Waals surface area contributed by atoms with E-state index in [1.54, 1.807) is 0 Å².